The molecule has 1 N–H and O–H groups in total. The Morgan fingerprint density at radius 1 is 1.11 bits per heavy atom. The second-order valence-electron chi connectivity index (χ2n) is 9.67. The van der Waals surface area contributed by atoms with Gasteiger partial charge in [-0.1, -0.05) is 12.1 Å². The molecule has 0 bridgehead atoms. The summed E-state index contributed by atoms with van der Waals surface area (Å²) in [5, 5.41) is 3.35. The number of anilines is 2. The van der Waals surface area contributed by atoms with Crippen molar-refractivity contribution in [1.82, 2.24) is 24.4 Å². The molecule has 1 saturated carbocycles. The highest BCUT2D eigenvalue weighted by Gasteiger charge is 2.37. The van der Waals surface area contributed by atoms with Crippen LogP contribution in [0.1, 0.15) is 31.5 Å². The molecule has 3 aliphatic rings. The minimum Gasteiger partial charge on any atom is -0.378 e. The molecule has 37 heavy (non-hydrogen) atoms. The predicted octanol–water partition coefficient (Wildman–Crippen LogP) is 2.58. The quantitative estimate of drug-likeness (QED) is 0.539. The van der Waals surface area contributed by atoms with Gasteiger partial charge in [-0.15, -0.1) is 0 Å². The lowest BCUT2D eigenvalue weighted by molar-refractivity contribution is -0.140. The van der Waals surface area contributed by atoms with E-state index >= 15 is 0 Å². The molecule has 0 unspecified atom stereocenters. The van der Waals surface area contributed by atoms with Gasteiger partial charge in [0.25, 0.3) is 6.43 Å². The third kappa shape index (κ3) is 4.61. The molecule has 3 fully saturated rings. The van der Waals surface area contributed by atoms with E-state index in [0.717, 1.165) is 0 Å². The van der Waals surface area contributed by atoms with Gasteiger partial charge in [0, 0.05) is 51.0 Å². The van der Waals surface area contributed by atoms with E-state index in [1.54, 1.807) is 35.2 Å². The first-order chi connectivity index (χ1) is 18.0. The Kier molecular flexibility index (Phi) is 6.19. The van der Waals surface area contributed by atoms with E-state index in [1.165, 1.54) is 4.57 Å². The normalized spacial score (nSPS) is 20.6. The number of carbonyl (C=O) groups is 2. The molecule has 6 rings (SSSR count). The van der Waals surface area contributed by atoms with Gasteiger partial charge in [-0.05, 0) is 18.6 Å². The number of nitrogens with one attached hydrogen (secondary N) is 1. The Bertz CT molecular complexity index is 1340. The lowest BCUT2D eigenvalue weighted by atomic mass is 10.0. The highest BCUT2D eigenvalue weighted by atomic mass is 19.3. The van der Waals surface area contributed by atoms with Crippen LogP contribution in [-0.4, -0.2) is 81.5 Å². The first kappa shape index (κ1) is 23.7. The number of hydrogen-bond acceptors (Lipinski definition) is 8. The molecule has 1 amide bonds. The summed E-state index contributed by atoms with van der Waals surface area (Å²) in [6.07, 6.45) is -1.37. The molecule has 1 atom stereocenters. The first-order valence-electron chi connectivity index (χ1n) is 12.5. The molecule has 1 aliphatic carbocycles. The molecule has 2 aliphatic heterocycles. The van der Waals surface area contributed by atoms with Gasteiger partial charge < -0.3 is 19.9 Å². The number of benzene rings is 1. The second-order valence-corrected chi connectivity index (χ2v) is 9.67. The topological polar surface area (TPSA) is 105 Å². The van der Waals surface area contributed by atoms with E-state index in [2.05, 4.69) is 20.3 Å². The number of amides is 1. The fourth-order valence-electron chi connectivity index (χ4n) is 5.19. The molecule has 3 aromatic rings. The zero-order valence-electron chi connectivity index (χ0n) is 20.1. The second kappa shape index (κ2) is 9.66. The third-order valence-corrected chi connectivity index (χ3v) is 7.15. The summed E-state index contributed by atoms with van der Waals surface area (Å²) in [6.45, 7) is 3.20. The number of halogens is 2. The summed E-state index contributed by atoms with van der Waals surface area (Å²) in [6, 6.07) is 8.56. The Balaban J connectivity index is 1.29. The number of morpholine rings is 1. The molecular weight excluding hydrogens is 484 g/mol. The van der Waals surface area contributed by atoms with E-state index in [9.17, 15) is 18.4 Å². The molecule has 194 valence electrons. The smallest absolute Gasteiger partial charge is 0.296 e. The van der Waals surface area contributed by atoms with Crippen LogP contribution in [-0.2, 0) is 14.3 Å². The first-order valence-corrected chi connectivity index (χ1v) is 12.5. The number of carbonyl (C=O) groups excluding carboxylic acids is 2. The van der Waals surface area contributed by atoms with Crippen LogP contribution in [0.5, 0.6) is 0 Å². The van der Waals surface area contributed by atoms with Crippen molar-refractivity contribution in [3.63, 3.8) is 0 Å². The van der Waals surface area contributed by atoms with Crippen molar-refractivity contribution in [2.75, 3.05) is 49.6 Å². The standard InChI is InChI=1S/C25H27F2N7O3/c26-22(27)23-29-18-3-1-2-4-19(18)34(23)21-12-20(30-25(31-21)32-7-9-37-10-8-32)28-16-13-33(14-16)24(36)15-5-6-17(35)11-15/h1-4,12,15-16,22H,5-11,13-14H2,(H,28,30,31)/t15-/m0/s1. The predicted molar refractivity (Wildman–Crippen MR) is 131 cm³/mol. The lowest BCUT2D eigenvalue weighted by Gasteiger charge is -2.41. The largest absolute Gasteiger partial charge is 0.378 e. The molecule has 2 aromatic heterocycles. The number of nitrogens with zero attached hydrogens (tertiary/aromatic N) is 6. The zero-order valence-corrected chi connectivity index (χ0v) is 20.1. The van der Waals surface area contributed by atoms with E-state index in [-0.39, 0.29) is 29.5 Å². The average molecular weight is 512 g/mol. The molecule has 4 heterocycles. The zero-order chi connectivity index (χ0) is 25.5. The number of alkyl halides is 2. The van der Waals surface area contributed by atoms with Crippen LogP contribution in [0.4, 0.5) is 20.5 Å². The summed E-state index contributed by atoms with van der Waals surface area (Å²) in [7, 11) is 0. The number of fused-ring (bicyclic) bond motifs is 1. The van der Waals surface area contributed by atoms with E-state index in [1.807, 2.05) is 4.90 Å². The van der Waals surface area contributed by atoms with Crippen molar-refractivity contribution >= 4 is 34.5 Å². The maximum absolute atomic E-state index is 14.0. The van der Waals surface area contributed by atoms with Crippen LogP contribution in [0.3, 0.4) is 0 Å². The van der Waals surface area contributed by atoms with Gasteiger partial charge in [-0.25, -0.2) is 13.8 Å². The number of ketones is 1. The van der Waals surface area contributed by atoms with Crippen LogP contribution in [0.25, 0.3) is 16.9 Å². The summed E-state index contributed by atoms with van der Waals surface area (Å²) in [5.74, 6) is 0.760. The number of likely N-dealkylation sites (tertiary alicyclic amines) is 1. The maximum Gasteiger partial charge on any atom is 0.296 e. The Morgan fingerprint density at radius 2 is 1.89 bits per heavy atom. The number of ether oxygens (including phenoxy) is 1. The number of aromatic nitrogens is 4. The molecular formula is C25H27F2N7O3. The Labute approximate surface area is 211 Å². The summed E-state index contributed by atoms with van der Waals surface area (Å²) in [5.41, 5.74) is 0.985. The van der Waals surface area contributed by atoms with Gasteiger partial charge in [0.05, 0.1) is 30.3 Å². The number of Topliss-reactive ketones (excluding diaryl/α,β-unsaturated/α-hetero) is 1. The molecule has 12 heteroatoms. The van der Waals surface area contributed by atoms with Crippen LogP contribution < -0.4 is 10.2 Å². The van der Waals surface area contributed by atoms with Crippen LogP contribution in [0, 0.1) is 5.92 Å². The fraction of sp³-hybridized carbons (Fsp3) is 0.480. The highest BCUT2D eigenvalue weighted by Crippen LogP contribution is 2.30. The molecule has 10 nitrogen and oxygen atoms in total. The number of rotatable bonds is 6. The van der Waals surface area contributed by atoms with Crippen LogP contribution in [0.15, 0.2) is 30.3 Å². The number of para-hydroxylation sites is 2. The van der Waals surface area contributed by atoms with Gasteiger partial charge in [-0.2, -0.15) is 9.97 Å². The maximum atomic E-state index is 14.0. The number of imidazole rings is 1. The van der Waals surface area contributed by atoms with Crippen LogP contribution in [0.2, 0.25) is 0 Å². The van der Waals surface area contributed by atoms with Crippen molar-refractivity contribution in [2.24, 2.45) is 5.92 Å². The van der Waals surface area contributed by atoms with E-state index in [0.29, 0.717) is 87.3 Å². The van der Waals surface area contributed by atoms with Gasteiger partial charge in [0.2, 0.25) is 11.9 Å². The van der Waals surface area contributed by atoms with Crippen molar-refractivity contribution in [3.8, 4) is 5.82 Å². The Morgan fingerprint density at radius 3 is 2.62 bits per heavy atom. The van der Waals surface area contributed by atoms with Crippen molar-refractivity contribution in [1.29, 1.82) is 0 Å². The summed E-state index contributed by atoms with van der Waals surface area (Å²) < 4.78 is 34.9. The van der Waals surface area contributed by atoms with Crippen molar-refractivity contribution in [3.05, 3.63) is 36.2 Å². The fourth-order valence-corrected chi connectivity index (χ4v) is 5.19. The molecule has 1 aromatic carbocycles. The van der Waals surface area contributed by atoms with Crippen LogP contribution >= 0.6 is 0 Å². The minimum atomic E-state index is -2.79. The third-order valence-electron chi connectivity index (χ3n) is 7.15. The summed E-state index contributed by atoms with van der Waals surface area (Å²) in [4.78, 5) is 41.5. The van der Waals surface area contributed by atoms with E-state index in [4.69, 9.17) is 4.74 Å². The average Bonchev–Trinajstić information content (AvgIpc) is 3.50. The van der Waals surface area contributed by atoms with Crippen molar-refractivity contribution in [2.45, 2.75) is 31.7 Å². The highest BCUT2D eigenvalue weighted by molar-refractivity contribution is 5.90. The van der Waals surface area contributed by atoms with Gasteiger partial charge in [0.15, 0.2) is 5.82 Å². The minimum absolute atomic E-state index is 0.0211. The molecule has 2 saturated heterocycles. The van der Waals surface area contributed by atoms with Gasteiger partial charge in [0.1, 0.15) is 17.4 Å². The van der Waals surface area contributed by atoms with E-state index < -0.39 is 6.43 Å². The SMILES string of the molecule is O=C1CC[C@H](C(=O)N2CC(Nc3cc(-n4c(C(F)F)nc5ccccc54)nc(N4CCOCC4)n3)C2)C1. The lowest BCUT2D eigenvalue weighted by Crippen LogP contribution is -2.58. The Hall–Kier alpha value is -3.67. The molecule has 0 radical (unpaired) electrons. The summed E-state index contributed by atoms with van der Waals surface area (Å²) >= 11 is 0. The monoisotopic (exact) mass is 511 g/mol. The number of hydrogen-bond donors (Lipinski definition) is 1. The van der Waals surface area contributed by atoms with Crippen molar-refractivity contribution < 1.29 is 23.1 Å². The van der Waals surface area contributed by atoms with Gasteiger partial charge in [-0.3, -0.25) is 14.2 Å². The van der Waals surface area contributed by atoms with Gasteiger partial charge >= 0.3 is 0 Å². The molecule has 0 spiro atoms.